The van der Waals surface area contributed by atoms with Gasteiger partial charge < -0.3 is 10.2 Å². The molecule has 23 heavy (non-hydrogen) atoms. The summed E-state index contributed by atoms with van der Waals surface area (Å²) in [6.45, 7) is 6.07. The first-order chi connectivity index (χ1) is 11.3. The van der Waals surface area contributed by atoms with Gasteiger partial charge in [-0.1, -0.05) is 12.8 Å². The van der Waals surface area contributed by atoms with E-state index in [-0.39, 0.29) is 0 Å². The first-order valence-corrected chi connectivity index (χ1v) is 9.66. The molecular weight excluding hydrogens is 306 g/mol. The summed E-state index contributed by atoms with van der Waals surface area (Å²) in [5.41, 5.74) is 1.05. The third kappa shape index (κ3) is 3.09. The van der Waals surface area contributed by atoms with Gasteiger partial charge in [0.15, 0.2) is 10.9 Å². The Morgan fingerprint density at radius 1 is 1.35 bits per heavy atom. The summed E-state index contributed by atoms with van der Waals surface area (Å²) < 4.78 is 2.08. The van der Waals surface area contributed by atoms with Crippen LogP contribution in [0.2, 0.25) is 0 Å². The van der Waals surface area contributed by atoms with Gasteiger partial charge in [-0.15, -0.1) is 11.3 Å². The monoisotopic (exact) mass is 331 g/mol. The molecule has 1 saturated heterocycles. The Kier molecular flexibility index (Phi) is 4.25. The van der Waals surface area contributed by atoms with Crippen molar-refractivity contribution in [1.82, 2.24) is 19.6 Å². The maximum Gasteiger partial charge on any atom is 0.194 e. The molecule has 124 valence electrons. The number of aromatic nitrogens is 2. The van der Waals surface area contributed by atoms with Gasteiger partial charge in [0.25, 0.3) is 0 Å². The van der Waals surface area contributed by atoms with Crippen molar-refractivity contribution < 1.29 is 0 Å². The number of fused-ring (bicyclic) bond motifs is 2. The van der Waals surface area contributed by atoms with Gasteiger partial charge in [0.1, 0.15) is 0 Å². The van der Waals surface area contributed by atoms with E-state index >= 15 is 0 Å². The van der Waals surface area contributed by atoms with Crippen molar-refractivity contribution >= 4 is 22.3 Å². The molecule has 4 rings (SSSR count). The highest BCUT2D eigenvalue weighted by Crippen LogP contribution is 2.35. The van der Waals surface area contributed by atoms with E-state index in [4.69, 9.17) is 4.99 Å². The fraction of sp³-hybridized carbons (Fsp3) is 0.647. The van der Waals surface area contributed by atoms with Gasteiger partial charge in [-0.05, 0) is 31.6 Å². The predicted octanol–water partition coefficient (Wildman–Crippen LogP) is 2.98. The maximum absolute atomic E-state index is 4.86. The zero-order valence-corrected chi connectivity index (χ0v) is 14.6. The Balaban J connectivity index is 1.47. The molecule has 1 aliphatic heterocycles. The summed E-state index contributed by atoms with van der Waals surface area (Å²) in [6, 6.07) is 0. The van der Waals surface area contributed by atoms with Crippen molar-refractivity contribution in [2.24, 2.45) is 16.8 Å². The molecule has 0 bridgehead atoms. The molecule has 2 fully saturated rings. The van der Waals surface area contributed by atoms with Crippen molar-refractivity contribution in [3.8, 4) is 0 Å². The van der Waals surface area contributed by atoms with Gasteiger partial charge in [-0.25, -0.2) is 9.98 Å². The second-order valence-corrected chi connectivity index (χ2v) is 7.58. The van der Waals surface area contributed by atoms with Crippen molar-refractivity contribution in [1.29, 1.82) is 0 Å². The smallest absolute Gasteiger partial charge is 0.194 e. The molecule has 6 heteroatoms. The minimum absolute atomic E-state index is 0.655. The van der Waals surface area contributed by atoms with Crippen molar-refractivity contribution in [2.45, 2.75) is 39.2 Å². The lowest BCUT2D eigenvalue weighted by Gasteiger charge is -2.22. The van der Waals surface area contributed by atoms with Crippen molar-refractivity contribution in [3.05, 3.63) is 23.5 Å². The van der Waals surface area contributed by atoms with Crippen molar-refractivity contribution in [2.75, 3.05) is 19.6 Å². The fourth-order valence-corrected chi connectivity index (χ4v) is 4.73. The van der Waals surface area contributed by atoms with E-state index in [0.29, 0.717) is 6.54 Å². The van der Waals surface area contributed by atoms with Crippen LogP contribution in [-0.2, 0) is 6.54 Å². The van der Waals surface area contributed by atoms with Crippen LogP contribution in [0.15, 0.2) is 22.8 Å². The number of aliphatic imine (C=N–C) groups is 1. The molecule has 2 aliphatic rings. The van der Waals surface area contributed by atoms with E-state index in [1.807, 2.05) is 0 Å². The van der Waals surface area contributed by atoms with Crippen LogP contribution in [0.3, 0.4) is 0 Å². The zero-order valence-electron chi connectivity index (χ0n) is 13.7. The molecule has 3 heterocycles. The van der Waals surface area contributed by atoms with Gasteiger partial charge in [0.2, 0.25) is 0 Å². The first kappa shape index (κ1) is 15.0. The van der Waals surface area contributed by atoms with Crippen LogP contribution in [0.25, 0.3) is 4.96 Å². The van der Waals surface area contributed by atoms with Crippen LogP contribution in [0.5, 0.6) is 0 Å². The van der Waals surface area contributed by atoms with Crippen molar-refractivity contribution in [3.63, 3.8) is 0 Å². The van der Waals surface area contributed by atoms with Crippen LogP contribution >= 0.6 is 11.3 Å². The van der Waals surface area contributed by atoms with E-state index in [9.17, 15) is 0 Å². The topological polar surface area (TPSA) is 44.9 Å². The molecule has 0 radical (unpaired) electrons. The lowest BCUT2D eigenvalue weighted by atomic mass is 9.82. The van der Waals surface area contributed by atoms with Gasteiger partial charge >= 0.3 is 0 Å². The number of rotatable bonds is 3. The van der Waals surface area contributed by atoms with Gasteiger partial charge in [0, 0.05) is 37.4 Å². The Bertz CT molecular complexity index is 646. The molecule has 1 saturated carbocycles. The van der Waals surface area contributed by atoms with Crippen LogP contribution < -0.4 is 5.32 Å². The summed E-state index contributed by atoms with van der Waals surface area (Å²) in [7, 11) is 0. The highest BCUT2D eigenvalue weighted by Gasteiger charge is 2.35. The van der Waals surface area contributed by atoms with E-state index in [1.165, 1.54) is 38.8 Å². The molecule has 2 atom stereocenters. The van der Waals surface area contributed by atoms with Gasteiger partial charge in [0.05, 0.1) is 12.2 Å². The van der Waals surface area contributed by atoms with Crippen LogP contribution in [0.1, 0.15) is 38.3 Å². The number of imidazole rings is 1. The van der Waals surface area contributed by atoms with E-state index in [1.54, 1.807) is 11.3 Å². The highest BCUT2D eigenvalue weighted by atomic mass is 32.1. The summed E-state index contributed by atoms with van der Waals surface area (Å²) >= 11 is 1.67. The molecule has 0 amide bonds. The SMILES string of the molecule is CCNC(=NCc1cn2ccsc2n1)N1CC2CCCCC2C1. The van der Waals surface area contributed by atoms with Crippen LogP contribution in [0.4, 0.5) is 0 Å². The normalized spacial score (nSPS) is 25.1. The quantitative estimate of drug-likeness (QED) is 0.695. The molecular formula is C17H25N5S. The standard InChI is InChI=1S/C17H25N5S/c1-2-18-16(22-10-13-5-3-4-6-14(13)11-22)19-9-15-12-21-7-8-23-17(21)20-15/h7-8,12-14H,2-6,9-11H2,1H3,(H,18,19). The number of nitrogens with one attached hydrogen (secondary N) is 1. The maximum atomic E-state index is 4.86. The van der Waals surface area contributed by atoms with E-state index < -0.39 is 0 Å². The molecule has 0 aromatic carbocycles. The molecule has 5 nitrogen and oxygen atoms in total. The number of likely N-dealkylation sites (tertiary alicyclic amines) is 1. The lowest BCUT2D eigenvalue weighted by Crippen LogP contribution is -2.40. The number of hydrogen-bond acceptors (Lipinski definition) is 3. The highest BCUT2D eigenvalue weighted by molar-refractivity contribution is 7.15. The number of nitrogens with zero attached hydrogens (tertiary/aromatic N) is 4. The first-order valence-electron chi connectivity index (χ1n) is 8.78. The minimum atomic E-state index is 0.655. The molecule has 1 N–H and O–H groups in total. The summed E-state index contributed by atoms with van der Waals surface area (Å²) in [6.07, 6.45) is 9.76. The fourth-order valence-electron chi connectivity index (χ4n) is 4.01. The Hall–Kier alpha value is -1.56. The summed E-state index contributed by atoms with van der Waals surface area (Å²) in [5.74, 6) is 2.83. The summed E-state index contributed by atoms with van der Waals surface area (Å²) in [5, 5.41) is 5.54. The summed E-state index contributed by atoms with van der Waals surface area (Å²) in [4.78, 5) is 13.0. The van der Waals surface area contributed by atoms with E-state index in [2.05, 4.69) is 44.3 Å². The molecule has 0 spiro atoms. The molecule has 2 unspecified atom stereocenters. The Labute approximate surface area is 141 Å². The lowest BCUT2D eigenvalue weighted by molar-refractivity contribution is 0.299. The van der Waals surface area contributed by atoms with Crippen LogP contribution in [0, 0.1) is 11.8 Å². The number of thiazole rings is 1. The Morgan fingerprint density at radius 3 is 2.83 bits per heavy atom. The second kappa shape index (κ2) is 6.51. The number of guanidine groups is 1. The average molecular weight is 331 g/mol. The third-order valence-corrected chi connectivity index (χ3v) is 5.92. The van der Waals surface area contributed by atoms with Gasteiger partial charge in [-0.2, -0.15) is 0 Å². The molecule has 2 aromatic heterocycles. The molecule has 2 aromatic rings. The average Bonchev–Trinajstić information content (AvgIpc) is 3.24. The van der Waals surface area contributed by atoms with Gasteiger partial charge in [-0.3, -0.25) is 4.40 Å². The zero-order chi connectivity index (χ0) is 15.6. The predicted molar refractivity (Wildman–Crippen MR) is 94.9 cm³/mol. The van der Waals surface area contributed by atoms with E-state index in [0.717, 1.165) is 35.0 Å². The Morgan fingerprint density at radius 2 is 2.13 bits per heavy atom. The number of hydrogen-bond donors (Lipinski definition) is 1. The minimum Gasteiger partial charge on any atom is -0.357 e. The second-order valence-electron chi connectivity index (χ2n) is 6.70. The molecule has 1 aliphatic carbocycles. The third-order valence-electron chi connectivity index (χ3n) is 5.14. The van der Waals surface area contributed by atoms with Crippen LogP contribution in [-0.4, -0.2) is 39.9 Å². The largest absolute Gasteiger partial charge is 0.357 e.